The van der Waals surface area contributed by atoms with Crippen LogP contribution in [0.4, 0.5) is 0 Å². The van der Waals surface area contributed by atoms with Crippen LogP contribution in [0.3, 0.4) is 0 Å². The molecule has 0 radical (unpaired) electrons. The second-order valence-electron chi connectivity index (χ2n) is 4.59. The van der Waals surface area contributed by atoms with Crippen LogP contribution >= 0.6 is 0 Å². The van der Waals surface area contributed by atoms with Crippen molar-refractivity contribution < 1.29 is 4.43 Å². The number of hydrogen-bond acceptors (Lipinski definition) is 1. The Hall–Kier alpha value is -1.38. The zero-order valence-corrected chi connectivity index (χ0v) is 13.3. The van der Waals surface area contributed by atoms with E-state index < -0.39 is 0 Å². The Morgan fingerprint density at radius 2 is 1.72 bits per heavy atom. The molecule has 2 heteroatoms. The molecule has 0 amide bonds. The molecule has 0 aliphatic carbocycles. The highest BCUT2D eigenvalue weighted by molar-refractivity contribution is 5.98. The van der Waals surface area contributed by atoms with E-state index in [0.29, 0.717) is 0 Å². The molecule has 0 spiro atoms. The molecular formula is C16H20OSi. The second-order valence-corrected chi connectivity index (χ2v) is 5.06. The van der Waals surface area contributed by atoms with Crippen LogP contribution in [0.1, 0.15) is 30.6 Å². The molecule has 0 fully saturated rings. The molecule has 1 nitrogen and oxygen atoms in total. The fourth-order valence-electron chi connectivity index (χ4n) is 2.29. The van der Waals surface area contributed by atoms with Gasteiger partial charge in [-0.1, -0.05) is 61.0 Å². The molecule has 0 aliphatic rings. The Morgan fingerprint density at radius 3 is 2.33 bits per heavy atom. The van der Waals surface area contributed by atoms with E-state index in [1.807, 2.05) is 0 Å². The lowest BCUT2D eigenvalue weighted by atomic mass is 9.95. The Bertz CT molecular complexity index is 501. The lowest BCUT2D eigenvalue weighted by Gasteiger charge is -2.18. The van der Waals surface area contributed by atoms with E-state index in [2.05, 4.69) is 62.4 Å². The summed E-state index contributed by atoms with van der Waals surface area (Å²) in [6, 6.07) is 17.3. The predicted molar refractivity (Wildman–Crippen MR) is 80.7 cm³/mol. The molecule has 2 aromatic rings. The third kappa shape index (κ3) is 2.71. The van der Waals surface area contributed by atoms with Crippen LogP contribution < -0.4 is 0 Å². The summed E-state index contributed by atoms with van der Waals surface area (Å²) in [7, 11) is 0.775. The molecule has 2 rings (SSSR count). The Balaban J connectivity index is 2.47. The average Bonchev–Trinajstić information content (AvgIpc) is 2.42. The van der Waals surface area contributed by atoms with Gasteiger partial charge >= 0.3 is 0 Å². The highest BCUT2D eigenvalue weighted by Gasteiger charge is 2.12. The number of hydrogen-bond donors (Lipinski definition) is 0. The van der Waals surface area contributed by atoms with Crippen LogP contribution in [0, 0.1) is 6.92 Å². The topological polar surface area (TPSA) is 9.23 Å². The maximum absolute atomic E-state index is 5.71. The van der Waals surface area contributed by atoms with Gasteiger partial charge in [-0.3, -0.25) is 0 Å². The molecule has 0 saturated heterocycles. The van der Waals surface area contributed by atoms with Crippen molar-refractivity contribution in [2.45, 2.75) is 26.4 Å². The summed E-state index contributed by atoms with van der Waals surface area (Å²) in [5.41, 5.74) is 5.16. The maximum atomic E-state index is 5.71. The van der Waals surface area contributed by atoms with Crippen molar-refractivity contribution >= 4 is 10.5 Å². The molecule has 94 valence electrons. The van der Waals surface area contributed by atoms with Crippen LogP contribution in [-0.4, -0.2) is 10.5 Å². The molecule has 0 saturated carbocycles. The quantitative estimate of drug-likeness (QED) is 0.762. The van der Waals surface area contributed by atoms with Crippen molar-refractivity contribution in [1.82, 2.24) is 0 Å². The Morgan fingerprint density at radius 1 is 1.06 bits per heavy atom. The molecular weight excluding hydrogens is 236 g/mol. The normalized spacial score (nSPS) is 12.6. The molecule has 0 heterocycles. The summed E-state index contributed by atoms with van der Waals surface area (Å²) in [4.78, 5) is 0. The minimum atomic E-state index is 0.231. The Kier molecular flexibility index (Phi) is 4.34. The van der Waals surface area contributed by atoms with Crippen LogP contribution in [0.25, 0.3) is 11.1 Å². The molecule has 0 aromatic heterocycles. The largest absolute Gasteiger partial charge is 0.421 e. The van der Waals surface area contributed by atoms with E-state index in [-0.39, 0.29) is 6.10 Å². The van der Waals surface area contributed by atoms with Crippen LogP contribution in [0.2, 0.25) is 0 Å². The van der Waals surface area contributed by atoms with E-state index in [1.165, 1.54) is 22.3 Å². The molecule has 0 aliphatic heterocycles. The molecule has 18 heavy (non-hydrogen) atoms. The minimum Gasteiger partial charge on any atom is -0.421 e. The fraction of sp³-hybridized carbons (Fsp3) is 0.250. The number of aryl methyl sites for hydroxylation is 1. The van der Waals surface area contributed by atoms with Gasteiger partial charge in [-0.05, 0) is 30.0 Å². The SMILES string of the molecule is CCC(O[SiH3])c1ccccc1-c1ccc(C)cc1. The first-order valence-electron chi connectivity index (χ1n) is 6.45. The number of benzene rings is 2. The molecule has 0 bridgehead atoms. The zero-order valence-electron chi connectivity index (χ0n) is 11.3. The van der Waals surface area contributed by atoms with Gasteiger partial charge in [0.05, 0.1) is 6.10 Å². The molecule has 2 aromatic carbocycles. The standard InChI is InChI=1S/C16H20OSi/c1-3-16(17-18)15-7-5-4-6-14(15)13-10-8-12(2)9-11-13/h4-11,16H,3H2,1-2,18H3. The van der Waals surface area contributed by atoms with Crippen molar-refractivity contribution in [2.24, 2.45) is 0 Å². The summed E-state index contributed by atoms with van der Waals surface area (Å²) < 4.78 is 5.71. The summed E-state index contributed by atoms with van der Waals surface area (Å²) in [6.07, 6.45) is 1.25. The van der Waals surface area contributed by atoms with Gasteiger partial charge in [0, 0.05) is 0 Å². The smallest absolute Gasteiger partial charge is 0.146 e. The van der Waals surface area contributed by atoms with Crippen LogP contribution in [0.5, 0.6) is 0 Å². The first kappa shape index (κ1) is 13.1. The first-order chi connectivity index (χ1) is 8.76. The van der Waals surface area contributed by atoms with E-state index in [0.717, 1.165) is 16.9 Å². The summed E-state index contributed by atoms with van der Waals surface area (Å²) in [5.74, 6) is 0. The van der Waals surface area contributed by atoms with Gasteiger partial charge in [-0.15, -0.1) is 0 Å². The van der Waals surface area contributed by atoms with Gasteiger partial charge in [-0.25, -0.2) is 0 Å². The fourth-order valence-corrected chi connectivity index (χ4v) is 2.87. The van der Waals surface area contributed by atoms with Gasteiger partial charge in [0.2, 0.25) is 0 Å². The van der Waals surface area contributed by atoms with Crippen molar-refractivity contribution in [1.29, 1.82) is 0 Å². The minimum absolute atomic E-state index is 0.231. The first-order valence-corrected chi connectivity index (χ1v) is 7.26. The second kappa shape index (κ2) is 5.98. The molecule has 1 unspecified atom stereocenters. The lowest BCUT2D eigenvalue weighted by molar-refractivity contribution is 0.223. The average molecular weight is 256 g/mol. The van der Waals surface area contributed by atoms with Gasteiger partial charge in [-0.2, -0.15) is 0 Å². The van der Waals surface area contributed by atoms with Gasteiger partial charge in [0.1, 0.15) is 10.5 Å². The van der Waals surface area contributed by atoms with E-state index in [4.69, 9.17) is 4.43 Å². The van der Waals surface area contributed by atoms with E-state index in [1.54, 1.807) is 0 Å². The van der Waals surface area contributed by atoms with Crippen LogP contribution in [-0.2, 0) is 4.43 Å². The van der Waals surface area contributed by atoms with Gasteiger partial charge < -0.3 is 4.43 Å². The monoisotopic (exact) mass is 256 g/mol. The third-order valence-electron chi connectivity index (χ3n) is 3.33. The highest BCUT2D eigenvalue weighted by atomic mass is 28.2. The van der Waals surface area contributed by atoms with Crippen molar-refractivity contribution in [3.05, 3.63) is 59.7 Å². The van der Waals surface area contributed by atoms with Crippen molar-refractivity contribution in [2.75, 3.05) is 0 Å². The molecule has 0 N–H and O–H groups in total. The molecule has 1 atom stereocenters. The highest BCUT2D eigenvalue weighted by Crippen LogP contribution is 2.31. The lowest BCUT2D eigenvalue weighted by Crippen LogP contribution is -2.02. The van der Waals surface area contributed by atoms with Crippen molar-refractivity contribution in [3.63, 3.8) is 0 Å². The third-order valence-corrected chi connectivity index (χ3v) is 3.89. The van der Waals surface area contributed by atoms with Crippen molar-refractivity contribution in [3.8, 4) is 11.1 Å². The van der Waals surface area contributed by atoms with Gasteiger partial charge in [0.15, 0.2) is 0 Å². The number of rotatable bonds is 4. The van der Waals surface area contributed by atoms with Gasteiger partial charge in [0.25, 0.3) is 0 Å². The Labute approximate surface area is 112 Å². The van der Waals surface area contributed by atoms with E-state index >= 15 is 0 Å². The summed E-state index contributed by atoms with van der Waals surface area (Å²) in [5, 5.41) is 0. The van der Waals surface area contributed by atoms with E-state index in [9.17, 15) is 0 Å². The predicted octanol–water partition coefficient (Wildman–Crippen LogP) is 3.41. The zero-order chi connectivity index (χ0) is 13.0. The summed E-state index contributed by atoms with van der Waals surface area (Å²) in [6.45, 7) is 4.29. The maximum Gasteiger partial charge on any atom is 0.146 e. The van der Waals surface area contributed by atoms with Crippen LogP contribution in [0.15, 0.2) is 48.5 Å². The summed E-state index contributed by atoms with van der Waals surface area (Å²) >= 11 is 0.